The predicted octanol–water partition coefficient (Wildman–Crippen LogP) is 3.28. The smallest absolute Gasteiger partial charge is 0.360 e. The van der Waals surface area contributed by atoms with Gasteiger partial charge in [-0.2, -0.15) is 0 Å². The van der Waals surface area contributed by atoms with E-state index in [-0.39, 0.29) is 6.61 Å². The van der Waals surface area contributed by atoms with Gasteiger partial charge in [0.2, 0.25) is 0 Å². The van der Waals surface area contributed by atoms with Crippen LogP contribution in [0.15, 0.2) is 65.9 Å². The molecule has 0 aliphatic rings. The Morgan fingerprint density at radius 1 is 1.08 bits per heavy atom. The van der Waals surface area contributed by atoms with Crippen molar-refractivity contribution in [3.63, 3.8) is 0 Å². The summed E-state index contributed by atoms with van der Waals surface area (Å²) in [4.78, 5) is 22.9. The maximum atomic E-state index is 13.0. The molecule has 0 spiro atoms. The third kappa shape index (κ3) is 4.29. The van der Waals surface area contributed by atoms with Gasteiger partial charge in [-0.15, -0.1) is 0 Å². The largest absolute Gasteiger partial charge is 0.461 e. The van der Waals surface area contributed by atoms with Crippen molar-refractivity contribution < 1.29 is 14.4 Å². The van der Waals surface area contributed by atoms with Crippen LogP contribution in [0.2, 0.25) is 0 Å². The summed E-state index contributed by atoms with van der Waals surface area (Å²) in [6, 6.07) is 17.7. The lowest BCUT2D eigenvalue weighted by Crippen LogP contribution is -2.41. The summed E-state index contributed by atoms with van der Waals surface area (Å²) in [7, 11) is 3.76. The fraction of sp³-hybridized carbons (Fsp3) is 0.278. The highest BCUT2D eigenvalue weighted by Crippen LogP contribution is 2.35. The summed E-state index contributed by atoms with van der Waals surface area (Å²) < 4.78 is 5.44. The Bertz CT molecular complexity index is 689. The van der Waals surface area contributed by atoms with Crippen LogP contribution in [0.4, 0.5) is 0 Å². The molecule has 0 N–H and O–H groups in total. The number of azide groups is 1. The first-order chi connectivity index (χ1) is 12.1. The summed E-state index contributed by atoms with van der Waals surface area (Å²) in [6.07, 6.45) is 0. The van der Waals surface area contributed by atoms with Crippen molar-refractivity contribution in [2.24, 2.45) is 5.28 Å². The molecule has 0 aliphatic carbocycles. The van der Waals surface area contributed by atoms with E-state index in [0.29, 0.717) is 17.7 Å². The molecule has 0 saturated heterocycles. The number of carbonyl (C=O) groups is 1. The fourth-order valence-electron chi connectivity index (χ4n) is 2.39. The number of carbonyl (C=O) groups excluding carboxylic acids is 1. The lowest BCUT2D eigenvalue weighted by Gasteiger charge is -2.30. The van der Waals surface area contributed by atoms with Crippen molar-refractivity contribution in [1.82, 2.24) is 4.90 Å². The minimum atomic E-state index is -1.67. The quantitative estimate of drug-likeness (QED) is 0.242. The summed E-state index contributed by atoms with van der Waals surface area (Å²) in [6.45, 7) is 0.750. The molecule has 7 heteroatoms. The molecule has 7 nitrogen and oxygen atoms in total. The molecular weight excluding hydrogens is 320 g/mol. The van der Waals surface area contributed by atoms with Gasteiger partial charge in [0.25, 0.3) is 5.60 Å². The number of hydrogen-bond donors (Lipinski definition) is 0. The van der Waals surface area contributed by atoms with Crippen molar-refractivity contribution in [3.8, 4) is 0 Å². The van der Waals surface area contributed by atoms with Gasteiger partial charge in [0.15, 0.2) is 0 Å². The third-order valence-corrected chi connectivity index (χ3v) is 3.63. The lowest BCUT2D eigenvalue weighted by molar-refractivity contribution is -0.169. The molecule has 0 heterocycles. The average Bonchev–Trinajstić information content (AvgIpc) is 2.64. The minimum absolute atomic E-state index is 0.187. The van der Waals surface area contributed by atoms with Crippen molar-refractivity contribution in [1.29, 1.82) is 0 Å². The number of ether oxygens (including phenoxy) is 1. The van der Waals surface area contributed by atoms with E-state index >= 15 is 0 Å². The van der Waals surface area contributed by atoms with E-state index in [2.05, 4.69) is 10.2 Å². The standard InChI is InChI=1S/C18H20N4O3/c1-22(2)13-14-24-17(23)18(25-21-20-19,15-9-5-3-6-10-15)16-11-7-4-8-12-16/h3-12H,13-14H2,1-2H3. The summed E-state index contributed by atoms with van der Waals surface area (Å²) in [5.74, 6) is -0.640. The second-order valence-corrected chi connectivity index (χ2v) is 5.61. The molecule has 25 heavy (non-hydrogen) atoms. The highest BCUT2D eigenvalue weighted by molar-refractivity contribution is 5.85. The van der Waals surface area contributed by atoms with Crippen LogP contribution in [-0.2, 0) is 20.0 Å². The van der Waals surface area contributed by atoms with Gasteiger partial charge in [-0.05, 0) is 19.6 Å². The number of benzene rings is 2. The van der Waals surface area contributed by atoms with Gasteiger partial charge in [0.1, 0.15) is 11.9 Å². The molecule has 0 atom stereocenters. The maximum absolute atomic E-state index is 13.0. The van der Waals surface area contributed by atoms with Crippen LogP contribution in [0.3, 0.4) is 0 Å². The molecule has 0 bridgehead atoms. The number of hydrogen-bond acceptors (Lipinski definition) is 5. The molecule has 2 rings (SSSR count). The van der Waals surface area contributed by atoms with Gasteiger partial charge < -0.3 is 14.5 Å². The zero-order chi connectivity index (χ0) is 18.1. The maximum Gasteiger partial charge on any atom is 0.360 e. The van der Waals surface area contributed by atoms with Crippen molar-refractivity contribution >= 4 is 5.97 Å². The van der Waals surface area contributed by atoms with Gasteiger partial charge in [-0.3, -0.25) is 0 Å². The highest BCUT2D eigenvalue weighted by atomic mass is 16.7. The molecule has 2 aromatic carbocycles. The van der Waals surface area contributed by atoms with Crippen molar-refractivity contribution in [3.05, 3.63) is 82.2 Å². The van der Waals surface area contributed by atoms with Gasteiger partial charge >= 0.3 is 5.97 Å². The molecule has 0 fully saturated rings. The van der Waals surface area contributed by atoms with Gasteiger partial charge in [0, 0.05) is 22.6 Å². The SMILES string of the molecule is CN(C)CCOC(=O)C(ON=[N+]=[N-])(c1ccccc1)c1ccccc1. The van der Waals surface area contributed by atoms with Crippen LogP contribution in [0.5, 0.6) is 0 Å². The van der Waals surface area contributed by atoms with E-state index in [4.69, 9.17) is 15.1 Å². The van der Waals surface area contributed by atoms with E-state index in [9.17, 15) is 4.79 Å². The lowest BCUT2D eigenvalue weighted by atomic mass is 9.86. The van der Waals surface area contributed by atoms with E-state index in [1.165, 1.54) is 0 Å². The van der Waals surface area contributed by atoms with E-state index < -0.39 is 11.6 Å². The van der Waals surface area contributed by atoms with E-state index in [0.717, 1.165) is 0 Å². The normalized spacial score (nSPS) is 10.8. The number of rotatable bonds is 8. The first-order valence-corrected chi connectivity index (χ1v) is 7.77. The van der Waals surface area contributed by atoms with Crippen LogP contribution in [-0.4, -0.2) is 38.1 Å². The zero-order valence-corrected chi connectivity index (χ0v) is 14.2. The number of esters is 1. The van der Waals surface area contributed by atoms with E-state index in [1.54, 1.807) is 48.5 Å². The average molecular weight is 340 g/mol. The molecule has 0 aromatic heterocycles. The van der Waals surface area contributed by atoms with Crippen molar-refractivity contribution in [2.75, 3.05) is 27.2 Å². The first kappa shape index (κ1) is 18.3. The summed E-state index contributed by atoms with van der Waals surface area (Å²) in [5, 5.41) is 3.23. The van der Waals surface area contributed by atoms with Crippen molar-refractivity contribution in [2.45, 2.75) is 5.60 Å². The molecule has 130 valence electrons. The molecule has 0 aliphatic heterocycles. The van der Waals surface area contributed by atoms with Gasteiger partial charge in [-0.1, -0.05) is 60.7 Å². The topological polar surface area (TPSA) is 87.5 Å². The molecule has 0 radical (unpaired) electrons. The monoisotopic (exact) mass is 340 g/mol. The minimum Gasteiger partial charge on any atom is -0.461 e. The fourth-order valence-corrected chi connectivity index (χ4v) is 2.39. The Morgan fingerprint density at radius 2 is 1.60 bits per heavy atom. The zero-order valence-electron chi connectivity index (χ0n) is 14.2. The van der Waals surface area contributed by atoms with Crippen LogP contribution < -0.4 is 0 Å². The second kappa shape index (κ2) is 8.73. The Kier molecular flexibility index (Phi) is 6.39. The van der Waals surface area contributed by atoms with Crippen LogP contribution in [0.25, 0.3) is 10.4 Å². The summed E-state index contributed by atoms with van der Waals surface area (Å²) in [5.41, 5.74) is 8.10. The summed E-state index contributed by atoms with van der Waals surface area (Å²) >= 11 is 0. The third-order valence-electron chi connectivity index (χ3n) is 3.63. The second-order valence-electron chi connectivity index (χ2n) is 5.61. The molecule has 2 aromatic rings. The highest BCUT2D eigenvalue weighted by Gasteiger charge is 2.46. The predicted molar refractivity (Wildman–Crippen MR) is 93.4 cm³/mol. The molecule has 0 saturated carbocycles. The Morgan fingerprint density at radius 3 is 2.04 bits per heavy atom. The Hall–Kier alpha value is -3.02. The molecular formula is C18H20N4O3. The molecule has 0 amide bonds. The van der Waals surface area contributed by atoms with Crippen LogP contribution >= 0.6 is 0 Å². The Labute approximate surface area is 146 Å². The molecule has 0 unspecified atom stereocenters. The Balaban J connectivity index is 2.51. The first-order valence-electron chi connectivity index (χ1n) is 7.77. The van der Waals surface area contributed by atoms with Gasteiger partial charge in [-0.25, -0.2) is 4.79 Å². The van der Waals surface area contributed by atoms with E-state index in [1.807, 2.05) is 31.1 Å². The number of likely N-dealkylation sites (N-methyl/N-ethyl adjacent to an activating group) is 1. The van der Waals surface area contributed by atoms with Crippen LogP contribution in [0.1, 0.15) is 11.1 Å². The number of nitrogens with zero attached hydrogens (tertiary/aromatic N) is 4. The van der Waals surface area contributed by atoms with Gasteiger partial charge in [0.05, 0.1) is 0 Å². The van der Waals surface area contributed by atoms with Crippen LogP contribution in [0, 0.1) is 0 Å².